The zero-order valence-electron chi connectivity index (χ0n) is 6.97. The summed E-state index contributed by atoms with van der Waals surface area (Å²) in [6.07, 6.45) is 2.01. The lowest BCUT2D eigenvalue weighted by Crippen LogP contribution is -1.93. The van der Waals surface area contributed by atoms with Crippen LogP contribution in [0.3, 0.4) is 0 Å². The van der Waals surface area contributed by atoms with Gasteiger partial charge in [-0.05, 0) is 30.2 Å². The van der Waals surface area contributed by atoms with Crippen molar-refractivity contribution < 1.29 is 0 Å². The summed E-state index contributed by atoms with van der Waals surface area (Å²) < 4.78 is 0. The number of halogens is 1. The van der Waals surface area contributed by atoms with Crippen LogP contribution in [0.4, 0.5) is 5.69 Å². The fourth-order valence-corrected chi connectivity index (χ4v) is 1.63. The van der Waals surface area contributed by atoms with Gasteiger partial charge in [-0.15, -0.1) is 0 Å². The Morgan fingerprint density at radius 1 is 1.50 bits per heavy atom. The van der Waals surface area contributed by atoms with Crippen molar-refractivity contribution in [1.82, 2.24) is 0 Å². The van der Waals surface area contributed by atoms with E-state index in [2.05, 4.69) is 11.9 Å². The van der Waals surface area contributed by atoms with Crippen LogP contribution in [0.15, 0.2) is 23.2 Å². The number of benzene rings is 1. The second kappa shape index (κ2) is 2.91. The number of aliphatic imine (C=N–C) groups is 1. The van der Waals surface area contributed by atoms with Crippen LogP contribution in [0.1, 0.15) is 18.9 Å². The molecule has 0 amide bonds. The zero-order chi connectivity index (χ0) is 8.55. The number of fused-ring (bicyclic) bond motifs is 1. The summed E-state index contributed by atoms with van der Waals surface area (Å²) in [5.74, 6) is 0. The summed E-state index contributed by atoms with van der Waals surface area (Å²) in [5.41, 5.74) is 3.61. The molecule has 0 aliphatic carbocycles. The van der Waals surface area contributed by atoms with E-state index in [9.17, 15) is 0 Å². The summed E-state index contributed by atoms with van der Waals surface area (Å²) >= 11 is 5.86. The normalized spacial score (nSPS) is 14.3. The average Bonchev–Trinajstić information content (AvgIpc) is 2.46. The second-order valence-corrected chi connectivity index (χ2v) is 3.42. The van der Waals surface area contributed by atoms with Crippen LogP contribution >= 0.6 is 11.6 Å². The minimum absolute atomic E-state index is 0.807. The van der Waals surface area contributed by atoms with Crippen LogP contribution in [-0.2, 0) is 6.42 Å². The van der Waals surface area contributed by atoms with Gasteiger partial charge in [-0.3, -0.25) is 4.99 Å². The lowest BCUT2D eigenvalue weighted by Gasteiger charge is -1.95. The largest absolute Gasteiger partial charge is 0.257 e. The van der Waals surface area contributed by atoms with Crippen molar-refractivity contribution in [2.45, 2.75) is 19.8 Å². The maximum Gasteiger partial charge on any atom is 0.0666 e. The molecule has 0 spiro atoms. The first-order valence-corrected chi connectivity index (χ1v) is 4.52. The Balaban J connectivity index is 2.40. The van der Waals surface area contributed by atoms with Gasteiger partial charge in [-0.1, -0.05) is 18.5 Å². The Kier molecular flexibility index (Phi) is 1.89. The van der Waals surface area contributed by atoms with E-state index in [0.717, 1.165) is 23.6 Å². The Morgan fingerprint density at radius 2 is 2.33 bits per heavy atom. The minimum Gasteiger partial charge on any atom is -0.257 e. The van der Waals surface area contributed by atoms with Gasteiger partial charge in [0.15, 0.2) is 0 Å². The van der Waals surface area contributed by atoms with E-state index in [1.807, 2.05) is 18.2 Å². The molecule has 0 bridgehead atoms. The highest BCUT2D eigenvalue weighted by Crippen LogP contribution is 2.29. The van der Waals surface area contributed by atoms with Crippen LogP contribution < -0.4 is 0 Å². The van der Waals surface area contributed by atoms with E-state index in [0.29, 0.717) is 0 Å². The molecule has 1 nitrogen and oxygen atoms in total. The molecule has 62 valence electrons. The van der Waals surface area contributed by atoms with Crippen molar-refractivity contribution in [3.63, 3.8) is 0 Å². The van der Waals surface area contributed by atoms with Crippen LogP contribution in [0, 0.1) is 0 Å². The van der Waals surface area contributed by atoms with Crippen molar-refractivity contribution in [3.05, 3.63) is 28.8 Å². The quantitative estimate of drug-likeness (QED) is 0.627. The highest BCUT2D eigenvalue weighted by atomic mass is 35.5. The molecule has 2 heteroatoms. The van der Waals surface area contributed by atoms with E-state index in [1.54, 1.807) is 0 Å². The standard InChI is InChI=1S/C10H10ClN/c1-2-9-6-7-5-8(11)3-4-10(7)12-9/h3-5H,2,6H2,1H3. The fraction of sp³-hybridized carbons (Fsp3) is 0.300. The van der Waals surface area contributed by atoms with E-state index in [1.165, 1.54) is 11.3 Å². The van der Waals surface area contributed by atoms with Crippen molar-refractivity contribution in [2.75, 3.05) is 0 Å². The van der Waals surface area contributed by atoms with Crippen LogP contribution in [0.5, 0.6) is 0 Å². The van der Waals surface area contributed by atoms with Gasteiger partial charge in [0, 0.05) is 17.2 Å². The maximum atomic E-state index is 5.86. The highest BCUT2D eigenvalue weighted by Gasteiger charge is 2.12. The first-order valence-electron chi connectivity index (χ1n) is 4.14. The molecule has 12 heavy (non-hydrogen) atoms. The molecule has 0 aromatic heterocycles. The maximum absolute atomic E-state index is 5.86. The third-order valence-electron chi connectivity index (χ3n) is 2.12. The molecule has 0 saturated carbocycles. The molecule has 0 radical (unpaired) electrons. The molecule has 0 N–H and O–H groups in total. The lowest BCUT2D eigenvalue weighted by molar-refractivity contribution is 1.22. The predicted octanol–water partition coefficient (Wildman–Crippen LogP) is 3.38. The fourth-order valence-electron chi connectivity index (χ4n) is 1.44. The lowest BCUT2D eigenvalue weighted by atomic mass is 10.1. The molecular formula is C10H10ClN. The molecule has 2 rings (SSSR count). The Bertz CT molecular complexity index is 342. The van der Waals surface area contributed by atoms with Gasteiger partial charge in [0.2, 0.25) is 0 Å². The molecule has 0 fully saturated rings. The second-order valence-electron chi connectivity index (χ2n) is 2.98. The summed E-state index contributed by atoms with van der Waals surface area (Å²) in [4.78, 5) is 4.47. The highest BCUT2D eigenvalue weighted by molar-refractivity contribution is 6.30. The number of hydrogen-bond donors (Lipinski definition) is 0. The van der Waals surface area contributed by atoms with E-state index < -0.39 is 0 Å². The summed E-state index contributed by atoms with van der Waals surface area (Å²) in [6.45, 7) is 2.13. The Morgan fingerprint density at radius 3 is 3.08 bits per heavy atom. The van der Waals surface area contributed by atoms with Gasteiger partial charge < -0.3 is 0 Å². The third kappa shape index (κ3) is 1.25. The smallest absolute Gasteiger partial charge is 0.0666 e. The predicted molar refractivity (Wildman–Crippen MR) is 52.5 cm³/mol. The molecule has 1 aromatic rings. The summed E-state index contributed by atoms with van der Waals surface area (Å²) in [6, 6.07) is 5.88. The van der Waals surface area contributed by atoms with E-state index >= 15 is 0 Å². The molecule has 1 aliphatic rings. The van der Waals surface area contributed by atoms with E-state index in [4.69, 9.17) is 11.6 Å². The van der Waals surface area contributed by atoms with Crippen LogP contribution in [-0.4, -0.2) is 5.71 Å². The van der Waals surface area contributed by atoms with Gasteiger partial charge in [-0.25, -0.2) is 0 Å². The number of nitrogens with zero attached hydrogens (tertiary/aromatic N) is 1. The molecule has 1 aliphatic heterocycles. The molecule has 0 unspecified atom stereocenters. The number of rotatable bonds is 1. The zero-order valence-corrected chi connectivity index (χ0v) is 7.73. The van der Waals surface area contributed by atoms with Crippen molar-refractivity contribution >= 4 is 23.0 Å². The van der Waals surface area contributed by atoms with Crippen molar-refractivity contribution in [2.24, 2.45) is 4.99 Å². The molecule has 0 saturated heterocycles. The molecular weight excluding hydrogens is 170 g/mol. The summed E-state index contributed by atoms with van der Waals surface area (Å²) in [7, 11) is 0. The van der Waals surface area contributed by atoms with Crippen LogP contribution in [0.2, 0.25) is 5.02 Å². The van der Waals surface area contributed by atoms with Gasteiger partial charge in [0.1, 0.15) is 0 Å². The van der Waals surface area contributed by atoms with Crippen molar-refractivity contribution in [1.29, 1.82) is 0 Å². The first-order chi connectivity index (χ1) is 5.79. The topological polar surface area (TPSA) is 12.4 Å². The third-order valence-corrected chi connectivity index (χ3v) is 2.36. The SMILES string of the molecule is CCC1=Nc2ccc(Cl)cc2C1. The Labute approximate surface area is 77.1 Å². The Hall–Kier alpha value is -0.820. The summed E-state index contributed by atoms with van der Waals surface area (Å²) in [5, 5.41) is 0.807. The van der Waals surface area contributed by atoms with Crippen LogP contribution in [0.25, 0.3) is 0 Å². The van der Waals surface area contributed by atoms with Gasteiger partial charge in [0.05, 0.1) is 5.69 Å². The molecule has 1 aromatic carbocycles. The van der Waals surface area contributed by atoms with Gasteiger partial charge >= 0.3 is 0 Å². The first kappa shape index (κ1) is 7.81. The molecule has 0 atom stereocenters. The average molecular weight is 180 g/mol. The van der Waals surface area contributed by atoms with Gasteiger partial charge in [0.25, 0.3) is 0 Å². The van der Waals surface area contributed by atoms with Crippen molar-refractivity contribution in [3.8, 4) is 0 Å². The minimum atomic E-state index is 0.807. The molecule has 1 heterocycles. The van der Waals surface area contributed by atoms with Gasteiger partial charge in [-0.2, -0.15) is 0 Å². The monoisotopic (exact) mass is 179 g/mol. The van der Waals surface area contributed by atoms with E-state index in [-0.39, 0.29) is 0 Å². The number of hydrogen-bond acceptors (Lipinski definition) is 1.